The highest BCUT2D eigenvalue weighted by atomic mass is 32.2. The molecule has 0 N–H and O–H groups in total. The van der Waals surface area contributed by atoms with Gasteiger partial charge < -0.3 is 0 Å². The summed E-state index contributed by atoms with van der Waals surface area (Å²) in [5.41, 5.74) is 2.65. The molecule has 0 radical (unpaired) electrons. The first-order chi connectivity index (χ1) is 7.25. The summed E-state index contributed by atoms with van der Waals surface area (Å²) in [5, 5.41) is 0. The Morgan fingerprint density at radius 3 is 2.27 bits per heavy atom. The number of hydrogen-bond donors (Lipinski definition) is 0. The smallest absolute Gasteiger partial charge is 0.0907 e. The molecule has 74 valence electrons. The SMILES string of the molecule is Bc1ccccc1Sc1ccc(C)cc1. The van der Waals surface area contributed by atoms with Crippen LogP contribution in [0.5, 0.6) is 0 Å². The maximum absolute atomic E-state index is 2.17. The number of hydrogen-bond acceptors (Lipinski definition) is 1. The third kappa shape index (κ3) is 2.66. The van der Waals surface area contributed by atoms with Crippen molar-refractivity contribution in [2.45, 2.75) is 16.7 Å². The molecule has 0 saturated carbocycles. The molecule has 15 heavy (non-hydrogen) atoms. The zero-order valence-electron chi connectivity index (χ0n) is 9.03. The molecule has 0 aromatic heterocycles. The van der Waals surface area contributed by atoms with Crippen molar-refractivity contribution in [2.24, 2.45) is 0 Å². The van der Waals surface area contributed by atoms with E-state index in [4.69, 9.17) is 0 Å². The first-order valence-electron chi connectivity index (χ1n) is 5.06. The van der Waals surface area contributed by atoms with Gasteiger partial charge in [-0.25, -0.2) is 0 Å². The van der Waals surface area contributed by atoms with Gasteiger partial charge >= 0.3 is 0 Å². The maximum atomic E-state index is 2.17. The van der Waals surface area contributed by atoms with Crippen LogP contribution in [0.3, 0.4) is 0 Å². The highest BCUT2D eigenvalue weighted by Gasteiger charge is 1.99. The summed E-state index contributed by atoms with van der Waals surface area (Å²) in [7, 11) is 2.15. The van der Waals surface area contributed by atoms with Gasteiger partial charge in [0.2, 0.25) is 0 Å². The summed E-state index contributed by atoms with van der Waals surface area (Å²) in [4.78, 5) is 2.64. The molecule has 0 unspecified atom stereocenters. The molecule has 0 spiro atoms. The fraction of sp³-hybridized carbons (Fsp3) is 0.0769. The topological polar surface area (TPSA) is 0 Å². The molecule has 0 aliphatic carbocycles. The molecule has 2 aromatic rings. The Balaban J connectivity index is 2.22. The first-order valence-corrected chi connectivity index (χ1v) is 5.87. The van der Waals surface area contributed by atoms with Crippen molar-refractivity contribution >= 4 is 25.1 Å². The van der Waals surface area contributed by atoms with Crippen LogP contribution in [0.15, 0.2) is 58.3 Å². The quantitative estimate of drug-likeness (QED) is 0.689. The van der Waals surface area contributed by atoms with Crippen LogP contribution in [-0.2, 0) is 0 Å². The van der Waals surface area contributed by atoms with Gasteiger partial charge in [0.05, 0.1) is 0 Å². The van der Waals surface area contributed by atoms with Crippen LogP contribution in [0.2, 0.25) is 0 Å². The maximum Gasteiger partial charge on any atom is 0.140 e. The van der Waals surface area contributed by atoms with Crippen molar-refractivity contribution in [3.8, 4) is 0 Å². The molecule has 0 aliphatic heterocycles. The van der Waals surface area contributed by atoms with E-state index in [1.807, 2.05) is 11.8 Å². The van der Waals surface area contributed by atoms with E-state index in [0.717, 1.165) is 0 Å². The number of rotatable bonds is 2. The van der Waals surface area contributed by atoms with E-state index in [-0.39, 0.29) is 0 Å². The lowest BCUT2D eigenvalue weighted by atomic mass is 9.97. The van der Waals surface area contributed by atoms with Crippen molar-refractivity contribution in [1.82, 2.24) is 0 Å². The van der Waals surface area contributed by atoms with Gasteiger partial charge in [-0.3, -0.25) is 0 Å². The van der Waals surface area contributed by atoms with Gasteiger partial charge in [-0.1, -0.05) is 53.1 Å². The minimum Gasteiger partial charge on any atom is -0.0907 e. The molecule has 0 bridgehead atoms. The van der Waals surface area contributed by atoms with E-state index >= 15 is 0 Å². The predicted molar refractivity (Wildman–Crippen MR) is 69.9 cm³/mol. The van der Waals surface area contributed by atoms with Crippen LogP contribution in [-0.4, -0.2) is 7.85 Å². The van der Waals surface area contributed by atoms with Crippen LogP contribution < -0.4 is 5.46 Å². The molecular weight excluding hydrogens is 199 g/mol. The molecular formula is C13H13BS. The van der Waals surface area contributed by atoms with E-state index < -0.39 is 0 Å². The fourth-order valence-corrected chi connectivity index (χ4v) is 2.31. The van der Waals surface area contributed by atoms with Crippen LogP contribution in [0.4, 0.5) is 0 Å². The van der Waals surface area contributed by atoms with Crippen molar-refractivity contribution in [3.05, 3.63) is 54.1 Å². The van der Waals surface area contributed by atoms with Crippen molar-refractivity contribution in [1.29, 1.82) is 0 Å². The van der Waals surface area contributed by atoms with Crippen LogP contribution >= 0.6 is 11.8 Å². The highest BCUT2D eigenvalue weighted by molar-refractivity contribution is 7.99. The Labute approximate surface area is 96.1 Å². The molecule has 2 aromatic carbocycles. The van der Waals surface area contributed by atoms with Crippen LogP contribution in [0, 0.1) is 6.92 Å². The molecule has 0 heterocycles. The zero-order chi connectivity index (χ0) is 10.7. The summed E-state index contributed by atoms with van der Waals surface area (Å²) >= 11 is 1.82. The lowest BCUT2D eigenvalue weighted by Crippen LogP contribution is -2.03. The lowest BCUT2D eigenvalue weighted by molar-refractivity contribution is 1.37. The van der Waals surface area contributed by atoms with Crippen molar-refractivity contribution in [3.63, 3.8) is 0 Å². The van der Waals surface area contributed by atoms with Gasteiger partial charge in [-0.15, -0.1) is 0 Å². The molecule has 0 saturated heterocycles. The molecule has 0 aliphatic rings. The van der Waals surface area contributed by atoms with Crippen molar-refractivity contribution < 1.29 is 0 Å². The van der Waals surface area contributed by atoms with Gasteiger partial charge in [0.15, 0.2) is 0 Å². The van der Waals surface area contributed by atoms with E-state index in [2.05, 4.69) is 63.3 Å². The summed E-state index contributed by atoms with van der Waals surface area (Å²) in [6.07, 6.45) is 0. The van der Waals surface area contributed by atoms with Crippen molar-refractivity contribution in [2.75, 3.05) is 0 Å². The number of aryl methyl sites for hydroxylation is 1. The van der Waals surface area contributed by atoms with E-state index in [9.17, 15) is 0 Å². The van der Waals surface area contributed by atoms with E-state index in [0.29, 0.717) is 0 Å². The normalized spacial score (nSPS) is 10.2. The third-order valence-corrected chi connectivity index (χ3v) is 3.53. The van der Waals surface area contributed by atoms with Gasteiger partial charge in [0.25, 0.3) is 0 Å². The molecule has 2 rings (SSSR count). The lowest BCUT2D eigenvalue weighted by Gasteiger charge is -2.05. The van der Waals surface area contributed by atoms with E-state index in [1.54, 1.807) is 0 Å². The van der Waals surface area contributed by atoms with Gasteiger partial charge in [0, 0.05) is 9.79 Å². The van der Waals surface area contributed by atoms with Crippen LogP contribution in [0.1, 0.15) is 5.56 Å². The Hall–Kier alpha value is -1.15. The summed E-state index contributed by atoms with van der Waals surface area (Å²) < 4.78 is 0. The largest absolute Gasteiger partial charge is 0.140 e. The minimum atomic E-state index is 1.30. The summed E-state index contributed by atoms with van der Waals surface area (Å²) in [6, 6.07) is 17.1. The Morgan fingerprint density at radius 1 is 0.933 bits per heavy atom. The predicted octanol–water partition coefficient (Wildman–Crippen LogP) is 2.40. The average Bonchev–Trinajstić information content (AvgIpc) is 2.25. The summed E-state index contributed by atoms with van der Waals surface area (Å²) in [6.45, 7) is 2.11. The molecule has 0 fully saturated rings. The van der Waals surface area contributed by atoms with E-state index in [1.165, 1.54) is 20.8 Å². The van der Waals surface area contributed by atoms with Gasteiger partial charge in [-0.05, 0) is 25.1 Å². The number of benzene rings is 2. The average molecular weight is 212 g/mol. The van der Waals surface area contributed by atoms with Gasteiger partial charge in [-0.2, -0.15) is 0 Å². The second-order valence-corrected chi connectivity index (χ2v) is 4.80. The Morgan fingerprint density at radius 2 is 1.60 bits per heavy atom. The standard InChI is InChI=1S/C13H13BS/c1-10-6-8-11(9-7-10)15-13-5-3-2-4-12(13)14/h2-9H,14H2,1H3. The molecule has 0 amide bonds. The Bertz CT molecular complexity index is 448. The Kier molecular flexibility index (Phi) is 3.17. The molecule has 0 nitrogen and oxygen atoms in total. The fourth-order valence-electron chi connectivity index (χ4n) is 1.40. The van der Waals surface area contributed by atoms with Gasteiger partial charge in [0.1, 0.15) is 7.85 Å². The zero-order valence-corrected chi connectivity index (χ0v) is 9.84. The van der Waals surface area contributed by atoms with Crippen LogP contribution in [0.25, 0.3) is 0 Å². The second kappa shape index (κ2) is 4.58. The monoisotopic (exact) mass is 212 g/mol. The molecule has 2 heteroatoms. The first kappa shape index (κ1) is 10.4. The highest BCUT2D eigenvalue weighted by Crippen LogP contribution is 2.25. The third-order valence-electron chi connectivity index (χ3n) is 2.34. The molecule has 0 atom stereocenters. The minimum absolute atomic E-state index is 1.30. The summed E-state index contributed by atoms with van der Waals surface area (Å²) in [5.74, 6) is 0. The second-order valence-electron chi connectivity index (χ2n) is 3.68.